The second-order valence-corrected chi connectivity index (χ2v) is 8.59. The van der Waals surface area contributed by atoms with Crippen molar-refractivity contribution in [3.05, 3.63) is 41.3 Å². The summed E-state index contributed by atoms with van der Waals surface area (Å²) in [5, 5.41) is 11.5. The molecule has 0 spiro atoms. The molecule has 1 aromatic carbocycles. The maximum Gasteiger partial charge on any atom is 0.277 e. The lowest BCUT2D eigenvalue weighted by Crippen LogP contribution is -2.33. The average molecular weight is 394 g/mol. The first-order valence-electron chi connectivity index (χ1n) is 8.74. The number of hydrogen-bond acceptors (Lipinski definition) is 6. The van der Waals surface area contributed by atoms with Crippen LogP contribution in [0.4, 0.5) is 0 Å². The SMILES string of the molecule is CSCc1nnc(SCC(=O)NC(c2ccc(C(C)C)cc2)C(C)C)o1. The average Bonchev–Trinajstić information content (AvgIpc) is 3.05. The smallest absolute Gasteiger partial charge is 0.277 e. The predicted molar refractivity (Wildman–Crippen MR) is 108 cm³/mol. The van der Waals surface area contributed by atoms with Crippen molar-refractivity contribution >= 4 is 29.4 Å². The van der Waals surface area contributed by atoms with E-state index in [1.807, 2.05) is 6.26 Å². The number of carbonyl (C=O) groups is 1. The van der Waals surface area contributed by atoms with Gasteiger partial charge in [-0.1, -0.05) is 63.7 Å². The van der Waals surface area contributed by atoms with E-state index >= 15 is 0 Å². The van der Waals surface area contributed by atoms with Crippen molar-refractivity contribution < 1.29 is 9.21 Å². The Morgan fingerprint density at radius 1 is 1.12 bits per heavy atom. The van der Waals surface area contributed by atoms with Gasteiger partial charge in [-0.15, -0.1) is 10.2 Å². The largest absolute Gasteiger partial charge is 0.415 e. The van der Waals surface area contributed by atoms with Gasteiger partial charge in [0.2, 0.25) is 11.8 Å². The molecule has 1 amide bonds. The minimum Gasteiger partial charge on any atom is -0.415 e. The first-order valence-corrected chi connectivity index (χ1v) is 11.1. The second kappa shape index (κ2) is 10.0. The van der Waals surface area contributed by atoms with E-state index in [0.717, 1.165) is 5.56 Å². The van der Waals surface area contributed by atoms with Gasteiger partial charge in [0.1, 0.15) is 0 Å². The zero-order valence-corrected chi connectivity index (χ0v) is 17.6. The summed E-state index contributed by atoms with van der Waals surface area (Å²) < 4.78 is 5.49. The predicted octanol–water partition coefficient (Wildman–Crippen LogP) is 4.66. The molecular formula is C19H27N3O2S2. The molecule has 2 aromatic rings. The highest BCUT2D eigenvalue weighted by Crippen LogP contribution is 2.25. The van der Waals surface area contributed by atoms with E-state index in [1.54, 1.807) is 11.8 Å². The molecule has 0 aliphatic carbocycles. The molecule has 2 rings (SSSR count). The van der Waals surface area contributed by atoms with E-state index in [4.69, 9.17) is 4.42 Å². The molecule has 1 atom stereocenters. The monoisotopic (exact) mass is 393 g/mol. The summed E-state index contributed by atoms with van der Waals surface area (Å²) in [6.07, 6.45) is 1.98. The molecule has 0 fully saturated rings. The van der Waals surface area contributed by atoms with Gasteiger partial charge in [0, 0.05) is 0 Å². The van der Waals surface area contributed by atoms with E-state index in [9.17, 15) is 4.79 Å². The fourth-order valence-electron chi connectivity index (χ4n) is 2.54. The number of thioether (sulfide) groups is 2. The number of hydrogen-bond donors (Lipinski definition) is 1. The van der Waals surface area contributed by atoms with E-state index in [-0.39, 0.29) is 17.7 Å². The van der Waals surface area contributed by atoms with Crippen LogP contribution in [0, 0.1) is 5.92 Å². The van der Waals surface area contributed by atoms with Crippen LogP contribution >= 0.6 is 23.5 Å². The normalized spacial score (nSPS) is 12.6. The third-order valence-electron chi connectivity index (χ3n) is 3.99. The minimum atomic E-state index is -0.0359. The Morgan fingerprint density at radius 2 is 1.77 bits per heavy atom. The molecule has 0 aliphatic heterocycles. The van der Waals surface area contributed by atoms with E-state index in [0.29, 0.717) is 28.7 Å². The summed E-state index contributed by atoms with van der Waals surface area (Å²) in [6.45, 7) is 8.58. The van der Waals surface area contributed by atoms with Gasteiger partial charge in [-0.3, -0.25) is 4.79 Å². The van der Waals surface area contributed by atoms with E-state index < -0.39 is 0 Å². The third kappa shape index (κ3) is 6.06. The van der Waals surface area contributed by atoms with E-state index in [1.165, 1.54) is 17.3 Å². The second-order valence-electron chi connectivity index (χ2n) is 6.79. The maximum absolute atomic E-state index is 12.4. The molecule has 0 saturated heterocycles. The van der Waals surface area contributed by atoms with Crippen LogP contribution in [0.2, 0.25) is 0 Å². The van der Waals surface area contributed by atoms with Gasteiger partial charge in [0.15, 0.2) is 0 Å². The van der Waals surface area contributed by atoms with Crippen LogP contribution in [-0.4, -0.2) is 28.1 Å². The van der Waals surface area contributed by atoms with E-state index in [2.05, 4.69) is 67.5 Å². The van der Waals surface area contributed by atoms with Crippen molar-refractivity contribution in [2.45, 2.75) is 50.6 Å². The lowest BCUT2D eigenvalue weighted by Gasteiger charge is -2.23. The van der Waals surface area contributed by atoms with Crippen LogP contribution in [0.1, 0.15) is 56.7 Å². The van der Waals surface area contributed by atoms with Crippen LogP contribution in [0.15, 0.2) is 33.9 Å². The van der Waals surface area contributed by atoms with Gasteiger partial charge in [-0.05, 0) is 29.2 Å². The molecule has 1 unspecified atom stereocenters. The number of nitrogens with one attached hydrogen (secondary N) is 1. The highest BCUT2D eigenvalue weighted by molar-refractivity contribution is 7.99. The molecule has 5 nitrogen and oxygen atoms in total. The van der Waals surface area contributed by atoms with Gasteiger partial charge >= 0.3 is 0 Å². The van der Waals surface area contributed by atoms with Gasteiger partial charge in [-0.25, -0.2) is 0 Å². The number of carbonyl (C=O) groups excluding carboxylic acids is 1. The summed E-state index contributed by atoms with van der Waals surface area (Å²) in [6, 6.07) is 8.49. The van der Waals surface area contributed by atoms with Crippen LogP contribution in [0.3, 0.4) is 0 Å². The first-order chi connectivity index (χ1) is 12.4. The number of nitrogens with zero attached hydrogens (tertiary/aromatic N) is 2. The fourth-order valence-corrected chi connectivity index (χ4v) is 3.50. The molecule has 1 heterocycles. The van der Waals surface area contributed by atoms with Gasteiger partial charge < -0.3 is 9.73 Å². The van der Waals surface area contributed by atoms with Crippen LogP contribution < -0.4 is 5.32 Å². The molecule has 0 aliphatic rings. The lowest BCUT2D eigenvalue weighted by atomic mass is 9.93. The number of benzene rings is 1. The number of amides is 1. The van der Waals surface area contributed by atoms with Crippen LogP contribution in [-0.2, 0) is 10.5 Å². The molecule has 26 heavy (non-hydrogen) atoms. The Labute approximate surface area is 164 Å². The molecule has 1 aromatic heterocycles. The molecular weight excluding hydrogens is 366 g/mol. The maximum atomic E-state index is 12.4. The van der Waals surface area contributed by atoms with Crippen LogP contribution in [0.5, 0.6) is 0 Å². The Bertz CT molecular complexity index is 699. The zero-order valence-electron chi connectivity index (χ0n) is 16.0. The first kappa shape index (κ1) is 20.8. The summed E-state index contributed by atoms with van der Waals surface area (Å²) >= 11 is 2.89. The molecule has 1 N–H and O–H groups in total. The minimum absolute atomic E-state index is 0.0148. The standard InChI is InChI=1S/C19H27N3O2S2/c1-12(2)14-6-8-15(9-7-14)18(13(3)4)20-16(23)10-26-19-22-21-17(24-19)11-25-5/h6-9,12-13,18H,10-11H2,1-5H3,(H,20,23). The van der Waals surface area contributed by atoms with Gasteiger partial charge in [0.05, 0.1) is 17.5 Å². The molecule has 0 bridgehead atoms. The Hall–Kier alpha value is -1.47. The highest BCUT2D eigenvalue weighted by atomic mass is 32.2. The number of aromatic nitrogens is 2. The molecule has 0 saturated carbocycles. The zero-order chi connectivity index (χ0) is 19.1. The van der Waals surface area contributed by atoms with Crippen molar-refractivity contribution in [1.82, 2.24) is 15.5 Å². The Morgan fingerprint density at radius 3 is 2.35 bits per heavy atom. The lowest BCUT2D eigenvalue weighted by molar-refractivity contribution is -0.119. The van der Waals surface area contributed by atoms with Crippen molar-refractivity contribution in [3.63, 3.8) is 0 Å². The summed E-state index contributed by atoms with van der Waals surface area (Å²) in [4.78, 5) is 12.4. The van der Waals surface area contributed by atoms with Crippen molar-refractivity contribution in [1.29, 1.82) is 0 Å². The molecule has 7 heteroatoms. The van der Waals surface area contributed by atoms with Crippen LogP contribution in [0.25, 0.3) is 0 Å². The summed E-state index contributed by atoms with van der Waals surface area (Å²) in [7, 11) is 0. The van der Waals surface area contributed by atoms with Crippen molar-refractivity contribution in [2.24, 2.45) is 5.92 Å². The van der Waals surface area contributed by atoms with Crippen molar-refractivity contribution in [3.8, 4) is 0 Å². The number of rotatable bonds is 9. The van der Waals surface area contributed by atoms with Gasteiger partial charge in [0.25, 0.3) is 5.22 Å². The third-order valence-corrected chi connectivity index (χ3v) is 5.34. The highest BCUT2D eigenvalue weighted by Gasteiger charge is 2.19. The Balaban J connectivity index is 1.94. The van der Waals surface area contributed by atoms with Crippen molar-refractivity contribution in [2.75, 3.05) is 12.0 Å². The molecule has 142 valence electrons. The fraction of sp³-hybridized carbons (Fsp3) is 0.526. The summed E-state index contributed by atoms with van der Waals surface area (Å²) in [5.41, 5.74) is 2.43. The van der Waals surface area contributed by atoms with Gasteiger partial charge in [-0.2, -0.15) is 11.8 Å². The molecule has 0 radical (unpaired) electrons. The Kier molecular flexibility index (Phi) is 8.03. The topological polar surface area (TPSA) is 68.0 Å². The summed E-state index contributed by atoms with van der Waals surface area (Å²) in [5.74, 6) is 2.29. The quantitative estimate of drug-likeness (QED) is 0.625.